The molecule has 2 rings (SSSR count). The topological polar surface area (TPSA) is 50.2 Å². The molecule has 0 saturated heterocycles. The molecule has 4 heteroatoms. The van der Waals surface area contributed by atoms with Crippen LogP contribution in [0.25, 0.3) is 0 Å². The van der Waals surface area contributed by atoms with E-state index in [0.717, 1.165) is 23.5 Å². The van der Waals surface area contributed by atoms with Gasteiger partial charge in [-0.2, -0.15) is 0 Å². The van der Waals surface area contributed by atoms with Crippen molar-refractivity contribution in [2.45, 2.75) is 39.0 Å². The maximum Gasteiger partial charge on any atom is 0.306 e. The number of carboxylic acids is 1. The maximum atomic E-state index is 10.9. The minimum Gasteiger partial charge on any atom is -0.481 e. The lowest BCUT2D eigenvalue weighted by Gasteiger charge is -2.16. The van der Waals surface area contributed by atoms with Gasteiger partial charge < -0.3 is 5.11 Å². The van der Waals surface area contributed by atoms with E-state index in [1.54, 1.807) is 11.3 Å². The largest absolute Gasteiger partial charge is 0.481 e. The summed E-state index contributed by atoms with van der Waals surface area (Å²) >= 11 is 1.75. The first-order valence-electron chi connectivity index (χ1n) is 5.29. The van der Waals surface area contributed by atoms with Gasteiger partial charge in [0.05, 0.1) is 16.6 Å². The molecule has 0 saturated carbocycles. The van der Waals surface area contributed by atoms with E-state index in [0.29, 0.717) is 12.3 Å². The van der Waals surface area contributed by atoms with Crippen LogP contribution in [0.4, 0.5) is 0 Å². The highest BCUT2D eigenvalue weighted by atomic mass is 32.1. The zero-order valence-corrected chi connectivity index (χ0v) is 9.80. The maximum absolute atomic E-state index is 10.9. The lowest BCUT2D eigenvalue weighted by Crippen LogP contribution is -2.21. The molecule has 1 aromatic rings. The first-order valence-corrected chi connectivity index (χ1v) is 6.11. The van der Waals surface area contributed by atoms with Gasteiger partial charge in [-0.05, 0) is 12.8 Å². The molecule has 1 aliphatic carbocycles. The summed E-state index contributed by atoms with van der Waals surface area (Å²) in [5, 5.41) is 10.1. The highest BCUT2D eigenvalue weighted by Crippen LogP contribution is 2.32. The summed E-state index contributed by atoms with van der Waals surface area (Å²) in [5.74, 6) is -0.455. The molecule has 0 amide bonds. The average Bonchev–Trinajstić information content (AvgIpc) is 2.59. The number of aryl methyl sites for hydroxylation is 1. The number of aliphatic carboxylic acids is 1. The van der Waals surface area contributed by atoms with Crippen molar-refractivity contribution in [3.63, 3.8) is 0 Å². The molecule has 3 nitrogen and oxygen atoms in total. The van der Waals surface area contributed by atoms with Crippen LogP contribution in [0.3, 0.4) is 0 Å². The summed E-state index contributed by atoms with van der Waals surface area (Å²) in [4.78, 5) is 16.7. The highest BCUT2D eigenvalue weighted by Gasteiger charge is 2.27. The van der Waals surface area contributed by atoms with Gasteiger partial charge >= 0.3 is 5.97 Å². The number of carboxylic acid groups (broad SMARTS) is 1. The number of nitrogens with zero attached hydrogens (tertiary/aromatic N) is 1. The van der Waals surface area contributed by atoms with E-state index in [-0.39, 0.29) is 5.92 Å². The smallest absolute Gasteiger partial charge is 0.306 e. The quantitative estimate of drug-likeness (QED) is 0.841. The Morgan fingerprint density at radius 3 is 2.93 bits per heavy atom. The molecular formula is C11H15NO2S. The Hall–Kier alpha value is -0.900. The molecule has 1 N–H and O–H groups in total. The Kier molecular flexibility index (Phi) is 2.78. The number of fused-ring (bicyclic) bond motifs is 1. The Bertz CT molecular complexity index is 384. The van der Waals surface area contributed by atoms with E-state index in [9.17, 15) is 4.79 Å². The molecule has 1 heterocycles. The van der Waals surface area contributed by atoms with E-state index < -0.39 is 5.97 Å². The molecule has 1 atom stereocenters. The third-order valence-corrected chi connectivity index (χ3v) is 4.26. The molecule has 1 aromatic heterocycles. The summed E-state index contributed by atoms with van der Waals surface area (Å²) in [6.45, 7) is 4.25. The van der Waals surface area contributed by atoms with Crippen molar-refractivity contribution >= 4 is 17.3 Å². The second-order valence-electron chi connectivity index (χ2n) is 4.35. The predicted molar refractivity (Wildman–Crippen MR) is 59.4 cm³/mol. The summed E-state index contributed by atoms with van der Waals surface area (Å²) in [6.07, 6.45) is 2.27. The second kappa shape index (κ2) is 3.93. The van der Waals surface area contributed by atoms with Gasteiger partial charge in [0.25, 0.3) is 0 Å². The predicted octanol–water partition coefficient (Wildman–Crippen LogP) is 2.46. The highest BCUT2D eigenvalue weighted by molar-refractivity contribution is 7.11. The van der Waals surface area contributed by atoms with Crippen molar-refractivity contribution in [2.75, 3.05) is 0 Å². The van der Waals surface area contributed by atoms with Gasteiger partial charge in [0.15, 0.2) is 0 Å². The molecule has 0 spiro atoms. The molecule has 1 unspecified atom stereocenters. The Morgan fingerprint density at radius 1 is 1.60 bits per heavy atom. The fourth-order valence-electron chi connectivity index (χ4n) is 1.86. The summed E-state index contributed by atoms with van der Waals surface area (Å²) in [6, 6.07) is 0. The van der Waals surface area contributed by atoms with Crippen LogP contribution >= 0.6 is 11.3 Å². The van der Waals surface area contributed by atoms with Crippen LogP contribution in [0.1, 0.15) is 41.8 Å². The van der Waals surface area contributed by atoms with Crippen LogP contribution in [0.2, 0.25) is 0 Å². The lowest BCUT2D eigenvalue weighted by molar-refractivity contribution is -0.142. The van der Waals surface area contributed by atoms with E-state index >= 15 is 0 Å². The van der Waals surface area contributed by atoms with Crippen molar-refractivity contribution < 1.29 is 9.90 Å². The summed E-state index contributed by atoms with van der Waals surface area (Å²) in [5.41, 5.74) is 1.03. The van der Waals surface area contributed by atoms with Gasteiger partial charge in [-0.3, -0.25) is 4.79 Å². The number of rotatable bonds is 2. The molecule has 0 fully saturated rings. The first kappa shape index (κ1) is 10.6. The van der Waals surface area contributed by atoms with Crippen molar-refractivity contribution in [2.24, 2.45) is 5.92 Å². The molecule has 1 aliphatic rings. The Morgan fingerprint density at radius 2 is 2.33 bits per heavy atom. The van der Waals surface area contributed by atoms with Crippen LogP contribution in [0.5, 0.6) is 0 Å². The Balaban J connectivity index is 2.22. The van der Waals surface area contributed by atoms with Crippen LogP contribution in [0.15, 0.2) is 0 Å². The van der Waals surface area contributed by atoms with E-state index in [4.69, 9.17) is 5.11 Å². The average molecular weight is 225 g/mol. The van der Waals surface area contributed by atoms with Crippen LogP contribution < -0.4 is 0 Å². The SMILES string of the molecule is CC(C)c1nc2c(s1)CCC(C(=O)O)C2. The number of aromatic nitrogens is 1. The third-order valence-electron chi connectivity index (χ3n) is 2.80. The van der Waals surface area contributed by atoms with Crippen LogP contribution in [-0.4, -0.2) is 16.1 Å². The summed E-state index contributed by atoms with van der Waals surface area (Å²) < 4.78 is 0. The van der Waals surface area contributed by atoms with Crippen molar-refractivity contribution in [3.05, 3.63) is 15.6 Å². The van der Waals surface area contributed by atoms with Gasteiger partial charge in [0.1, 0.15) is 0 Å². The fraction of sp³-hybridized carbons (Fsp3) is 0.636. The van der Waals surface area contributed by atoms with Gasteiger partial charge in [-0.15, -0.1) is 11.3 Å². The zero-order chi connectivity index (χ0) is 11.0. The van der Waals surface area contributed by atoms with Crippen molar-refractivity contribution in [1.82, 2.24) is 4.98 Å². The van der Waals surface area contributed by atoms with Crippen LogP contribution in [-0.2, 0) is 17.6 Å². The molecule has 0 bridgehead atoms. The molecule has 0 aliphatic heterocycles. The molecule has 0 radical (unpaired) electrons. The second-order valence-corrected chi connectivity index (χ2v) is 5.47. The molecule has 82 valence electrons. The monoisotopic (exact) mass is 225 g/mol. The molecule has 15 heavy (non-hydrogen) atoms. The Labute approximate surface area is 93.2 Å². The van der Waals surface area contributed by atoms with E-state index in [1.165, 1.54) is 4.88 Å². The van der Waals surface area contributed by atoms with E-state index in [1.807, 2.05) is 0 Å². The zero-order valence-electron chi connectivity index (χ0n) is 8.99. The minimum atomic E-state index is -0.681. The molecule has 0 aromatic carbocycles. The van der Waals surface area contributed by atoms with Gasteiger partial charge in [0.2, 0.25) is 0 Å². The van der Waals surface area contributed by atoms with Gasteiger partial charge in [0, 0.05) is 17.2 Å². The normalized spacial score (nSPS) is 20.3. The number of carbonyl (C=O) groups is 1. The minimum absolute atomic E-state index is 0.223. The first-order chi connectivity index (χ1) is 7.08. The lowest BCUT2D eigenvalue weighted by atomic mass is 9.91. The number of hydrogen-bond donors (Lipinski definition) is 1. The molecular weight excluding hydrogens is 210 g/mol. The summed E-state index contributed by atoms with van der Waals surface area (Å²) in [7, 11) is 0. The number of thiazole rings is 1. The van der Waals surface area contributed by atoms with Crippen molar-refractivity contribution in [3.8, 4) is 0 Å². The fourth-order valence-corrected chi connectivity index (χ4v) is 2.97. The number of hydrogen-bond acceptors (Lipinski definition) is 3. The standard InChI is InChI=1S/C11H15NO2S/c1-6(2)10-12-8-5-7(11(13)14)3-4-9(8)15-10/h6-7H,3-5H2,1-2H3,(H,13,14). The van der Waals surface area contributed by atoms with Crippen molar-refractivity contribution in [1.29, 1.82) is 0 Å². The van der Waals surface area contributed by atoms with Gasteiger partial charge in [-0.25, -0.2) is 4.98 Å². The van der Waals surface area contributed by atoms with Crippen LogP contribution in [0, 0.1) is 5.92 Å². The van der Waals surface area contributed by atoms with Gasteiger partial charge in [-0.1, -0.05) is 13.8 Å². The third kappa shape index (κ3) is 2.04. The van der Waals surface area contributed by atoms with E-state index in [2.05, 4.69) is 18.8 Å².